The van der Waals surface area contributed by atoms with Gasteiger partial charge in [-0.05, 0) is 32.9 Å². The SMILES string of the molecule is Cc1nn(C)c(Cl)c1CN(CC(N)=O)C1CCNCC1. The van der Waals surface area contributed by atoms with Crippen molar-refractivity contribution >= 4 is 17.5 Å². The zero-order chi connectivity index (χ0) is 14.7. The first kappa shape index (κ1) is 15.3. The second-order valence-corrected chi connectivity index (χ2v) is 5.69. The zero-order valence-electron chi connectivity index (χ0n) is 12.0. The molecule has 3 N–H and O–H groups in total. The number of aryl methyl sites for hydroxylation is 2. The van der Waals surface area contributed by atoms with Crippen LogP contribution in [0.3, 0.4) is 0 Å². The molecule has 1 aromatic heterocycles. The summed E-state index contributed by atoms with van der Waals surface area (Å²) in [6.07, 6.45) is 2.04. The van der Waals surface area contributed by atoms with E-state index in [0.717, 1.165) is 37.2 Å². The van der Waals surface area contributed by atoms with Crippen LogP contribution in [0.1, 0.15) is 24.1 Å². The van der Waals surface area contributed by atoms with Crippen LogP contribution in [0, 0.1) is 6.92 Å². The number of nitrogens with one attached hydrogen (secondary N) is 1. The molecule has 6 nitrogen and oxygen atoms in total. The summed E-state index contributed by atoms with van der Waals surface area (Å²) in [5, 5.41) is 8.28. The molecule has 0 radical (unpaired) electrons. The van der Waals surface area contributed by atoms with Crippen LogP contribution in [-0.2, 0) is 18.4 Å². The third-order valence-electron chi connectivity index (χ3n) is 3.82. The summed E-state index contributed by atoms with van der Waals surface area (Å²) in [5.74, 6) is -0.304. The number of nitrogens with two attached hydrogens (primary N) is 1. The van der Waals surface area contributed by atoms with E-state index >= 15 is 0 Å². The smallest absolute Gasteiger partial charge is 0.231 e. The fourth-order valence-electron chi connectivity index (χ4n) is 2.74. The van der Waals surface area contributed by atoms with E-state index in [1.807, 2.05) is 14.0 Å². The Morgan fingerprint density at radius 2 is 2.20 bits per heavy atom. The maximum absolute atomic E-state index is 11.3. The molecule has 0 atom stereocenters. The molecule has 112 valence electrons. The predicted molar refractivity (Wildman–Crippen MR) is 78.5 cm³/mol. The van der Waals surface area contributed by atoms with Gasteiger partial charge in [0.1, 0.15) is 5.15 Å². The van der Waals surface area contributed by atoms with Gasteiger partial charge in [0, 0.05) is 25.2 Å². The highest BCUT2D eigenvalue weighted by molar-refractivity contribution is 6.30. The molecule has 1 saturated heterocycles. The number of halogens is 1. The van der Waals surface area contributed by atoms with E-state index in [9.17, 15) is 4.79 Å². The lowest BCUT2D eigenvalue weighted by Crippen LogP contribution is -2.46. The van der Waals surface area contributed by atoms with E-state index in [-0.39, 0.29) is 12.5 Å². The maximum Gasteiger partial charge on any atom is 0.231 e. The van der Waals surface area contributed by atoms with Crippen molar-refractivity contribution in [2.75, 3.05) is 19.6 Å². The molecular formula is C13H22ClN5O. The average molecular weight is 300 g/mol. The number of carbonyl (C=O) groups excluding carboxylic acids is 1. The Hall–Kier alpha value is -1.11. The molecule has 20 heavy (non-hydrogen) atoms. The van der Waals surface area contributed by atoms with Crippen LogP contribution in [0.5, 0.6) is 0 Å². The van der Waals surface area contributed by atoms with Crippen molar-refractivity contribution in [1.29, 1.82) is 0 Å². The maximum atomic E-state index is 11.3. The van der Waals surface area contributed by atoms with Gasteiger partial charge in [-0.25, -0.2) is 0 Å². The molecule has 2 heterocycles. The lowest BCUT2D eigenvalue weighted by atomic mass is 10.0. The van der Waals surface area contributed by atoms with Crippen molar-refractivity contribution in [3.8, 4) is 0 Å². The Morgan fingerprint density at radius 3 is 2.70 bits per heavy atom. The minimum Gasteiger partial charge on any atom is -0.369 e. The van der Waals surface area contributed by atoms with Crippen molar-refractivity contribution in [2.24, 2.45) is 12.8 Å². The first-order chi connectivity index (χ1) is 9.49. The number of hydrogen-bond donors (Lipinski definition) is 2. The number of primary amides is 1. The third kappa shape index (κ3) is 3.50. The molecule has 1 aliphatic rings. The lowest BCUT2D eigenvalue weighted by molar-refractivity contribution is -0.120. The van der Waals surface area contributed by atoms with Crippen molar-refractivity contribution in [2.45, 2.75) is 32.4 Å². The summed E-state index contributed by atoms with van der Waals surface area (Å²) in [4.78, 5) is 13.5. The molecule has 0 bridgehead atoms. The van der Waals surface area contributed by atoms with Gasteiger partial charge in [-0.3, -0.25) is 14.4 Å². The number of aromatic nitrogens is 2. The Morgan fingerprint density at radius 1 is 1.55 bits per heavy atom. The average Bonchev–Trinajstić information content (AvgIpc) is 2.65. The summed E-state index contributed by atoms with van der Waals surface area (Å²) < 4.78 is 1.66. The number of nitrogens with zero attached hydrogens (tertiary/aromatic N) is 3. The molecule has 1 amide bonds. The Kier molecular flexibility index (Phi) is 5.01. The summed E-state index contributed by atoms with van der Waals surface area (Å²) in [7, 11) is 1.82. The van der Waals surface area contributed by atoms with Crippen molar-refractivity contribution in [1.82, 2.24) is 20.0 Å². The van der Waals surface area contributed by atoms with E-state index in [0.29, 0.717) is 17.7 Å². The third-order valence-corrected chi connectivity index (χ3v) is 4.29. The minimum absolute atomic E-state index is 0.259. The first-order valence-electron chi connectivity index (χ1n) is 6.90. The molecule has 1 aromatic rings. The van der Waals surface area contributed by atoms with Gasteiger partial charge in [-0.2, -0.15) is 5.10 Å². The highest BCUT2D eigenvalue weighted by Crippen LogP contribution is 2.23. The lowest BCUT2D eigenvalue weighted by Gasteiger charge is -2.33. The van der Waals surface area contributed by atoms with Gasteiger partial charge in [0.05, 0.1) is 12.2 Å². The van der Waals surface area contributed by atoms with E-state index in [1.165, 1.54) is 0 Å². The first-order valence-corrected chi connectivity index (χ1v) is 7.28. The topological polar surface area (TPSA) is 76.2 Å². The summed E-state index contributed by atoms with van der Waals surface area (Å²) in [5.41, 5.74) is 7.27. The van der Waals surface area contributed by atoms with Crippen LogP contribution in [0.2, 0.25) is 5.15 Å². The molecule has 7 heteroatoms. The Labute approximate surface area is 124 Å². The van der Waals surface area contributed by atoms with Gasteiger partial charge >= 0.3 is 0 Å². The van der Waals surface area contributed by atoms with Crippen molar-refractivity contribution < 1.29 is 4.79 Å². The molecule has 2 rings (SSSR count). The number of amides is 1. The van der Waals surface area contributed by atoms with E-state index in [1.54, 1.807) is 4.68 Å². The molecule has 0 saturated carbocycles. The Bertz CT molecular complexity index is 481. The van der Waals surface area contributed by atoms with Crippen molar-refractivity contribution in [3.05, 3.63) is 16.4 Å². The molecule has 0 aliphatic carbocycles. The number of carbonyl (C=O) groups is 1. The van der Waals surface area contributed by atoms with E-state index < -0.39 is 0 Å². The molecule has 0 unspecified atom stereocenters. The van der Waals surface area contributed by atoms with E-state index in [2.05, 4.69) is 15.3 Å². The molecule has 0 spiro atoms. The highest BCUT2D eigenvalue weighted by atomic mass is 35.5. The summed E-state index contributed by atoms with van der Waals surface area (Å²) in [6.45, 7) is 4.76. The van der Waals surface area contributed by atoms with Crippen LogP contribution < -0.4 is 11.1 Å². The zero-order valence-corrected chi connectivity index (χ0v) is 12.8. The second-order valence-electron chi connectivity index (χ2n) is 5.33. The van der Waals surface area contributed by atoms with Crippen LogP contribution in [0.4, 0.5) is 0 Å². The highest BCUT2D eigenvalue weighted by Gasteiger charge is 2.24. The molecule has 1 aliphatic heterocycles. The summed E-state index contributed by atoms with van der Waals surface area (Å²) in [6, 6.07) is 0.361. The fraction of sp³-hybridized carbons (Fsp3) is 0.692. The number of piperidine rings is 1. The van der Waals surface area contributed by atoms with Crippen LogP contribution in [-0.4, -0.2) is 46.3 Å². The van der Waals surface area contributed by atoms with Gasteiger partial charge in [-0.15, -0.1) is 0 Å². The molecular weight excluding hydrogens is 278 g/mol. The van der Waals surface area contributed by atoms with Gasteiger partial charge in [0.25, 0.3) is 0 Å². The largest absolute Gasteiger partial charge is 0.369 e. The fourth-order valence-corrected chi connectivity index (χ4v) is 2.98. The standard InChI is InChI=1S/C13H22ClN5O/c1-9-11(13(14)18(2)17-9)7-19(8-12(15)20)10-3-5-16-6-4-10/h10,16H,3-8H2,1-2H3,(H2,15,20). The summed E-state index contributed by atoms with van der Waals surface area (Å²) >= 11 is 6.28. The van der Waals surface area contributed by atoms with Gasteiger partial charge < -0.3 is 11.1 Å². The molecule has 1 fully saturated rings. The minimum atomic E-state index is -0.304. The number of hydrogen-bond acceptors (Lipinski definition) is 4. The Balaban J connectivity index is 2.16. The van der Waals surface area contributed by atoms with Crippen LogP contribution >= 0.6 is 11.6 Å². The van der Waals surface area contributed by atoms with Gasteiger partial charge in [0.2, 0.25) is 5.91 Å². The van der Waals surface area contributed by atoms with Gasteiger partial charge in [0.15, 0.2) is 0 Å². The van der Waals surface area contributed by atoms with Crippen LogP contribution in [0.15, 0.2) is 0 Å². The normalized spacial score (nSPS) is 16.8. The predicted octanol–water partition coefficient (Wildman–Crippen LogP) is 0.421. The van der Waals surface area contributed by atoms with Crippen LogP contribution in [0.25, 0.3) is 0 Å². The molecule has 0 aromatic carbocycles. The number of rotatable bonds is 5. The van der Waals surface area contributed by atoms with Crippen molar-refractivity contribution in [3.63, 3.8) is 0 Å². The monoisotopic (exact) mass is 299 g/mol. The second kappa shape index (κ2) is 6.56. The van der Waals surface area contributed by atoms with Gasteiger partial charge in [-0.1, -0.05) is 11.6 Å². The quantitative estimate of drug-likeness (QED) is 0.826. The van der Waals surface area contributed by atoms with E-state index in [4.69, 9.17) is 17.3 Å².